The van der Waals surface area contributed by atoms with E-state index in [-0.39, 0.29) is 6.10 Å². The number of rotatable bonds is 8. The highest BCUT2D eigenvalue weighted by Gasteiger charge is 2.09. The molecule has 0 aliphatic rings. The Morgan fingerprint density at radius 2 is 2.11 bits per heavy atom. The van der Waals surface area contributed by atoms with Crippen molar-refractivity contribution in [3.63, 3.8) is 0 Å². The van der Waals surface area contributed by atoms with Gasteiger partial charge in [0.05, 0.1) is 6.10 Å². The molecule has 0 aliphatic heterocycles. The zero-order valence-electron chi connectivity index (χ0n) is 11.8. The molecule has 18 heavy (non-hydrogen) atoms. The summed E-state index contributed by atoms with van der Waals surface area (Å²) in [5.41, 5.74) is 0. The Kier molecular flexibility index (Phi) is 6.43. The Morgan fingerprint density at radius 1 is 1.33 bits per heavy atom. The maximum Gasteiger partial charge on any atom is 0.218 e. The minimum absolute atomic E-state index is 0.129. The largest absolute Gasteiger partial charge is 0.475 e. The molecule has 102 valence electrons. The van der Waals surface area contributed by atoms with E-state index in [1.165, 1.54) is 0 Å². The van der Waals surface area contributed by atoms with Gasteiger partial charge in [0.2, 0.25) is 5.88 Å². The number of nitrogens with zero attached hydrogens (tertiary/aromatic N) is 3. The average molecular weight is 252 g/mol. The van der Waals surface area contributed by atoms with Crippen molar-refractivity contribution in [1.29, 1.82) is 0 Å². The van der Waals surface area contributed by atoms with Crippen molar-refractivity contribution in [1.82, 2.24) is 15.3 Å². The number of hydrogen-bond donors (Lipinski definition) is 1. The Labute approximate surface area is 110 Å². The zero-order valence-corrected chi connectivity index (χ0v) is 11.8. The van der Waals surface area contributed by atoms with Crippen LogP contribution in [-0.2, 0) is 0 Å². The molecule has 1 aromatic rings. The van der Waals surface area contributed by atoms with E-state index >= 15 is 0 Å². The molecule has 0 saturated carbocycles. The van der Waals surface area contributed by atoms with Gasteiger partial charge in [-0.1, -0.05) is 6.92 Å². The van der Waals surface area contributed by atoms with Crippen LogP contribution in [0.4, 0.5) is 5.82 Å². The lowest BCUT2D eigenvalue weighted by Gasteiger charge is -2.23. The topological polar surface area (TPSA) is 50.3 Å². The summed E-state index contributed by atoms with van der Waals surface area (Å²) >= 11 is 0. The van der Waals surface area contributed by atoms with E-state index in [1.807, 2.05) is 27.0 Å². The molecule has 0 fully saturated rings. The normalized spacial score (nSPS) is 10.7. The van der Waals surface area contributed by atoms with Crippen LogP contribution in [0.1, 0.15) is 27.2 Å². The molecule has 0 saturated heterocycles. The van der Waals surface area contributed by atoms with Gasteiger partial charge in [-0.05, 0) is 27.3 Å². The summed E-state index contributed by atoms with van der Waals surface area (Å²) in [7, 11) is 1.96. The second kappa shape index (κ2) is 7.87. The van der Waals surface area contributed by atoms with Gasteiger partial charge in [-0.3, -0.25) is 0 Å². The van der Waals surface area contributed by atoms with Crippen LogP contribution in [0, 0.1) is 0 Å². The van der Waals surface area contributed by atoms with Crippen LogP contribution in [0.5, 0.6) is 5.88 Å². The fraction of sp³-hybridized carbons (Fsp3) is 0.692. The van der Waals surface area contributed by atoms with Crippen LogP contribution in [0.2, 0.25) is 0 Å². The molecule has 5 heteroatoms. The van der Waals surface area contributed by atoms with Crippen molar-refractivity contribution < 1.29 is 4.74 Å². The predicted octanol–water partition coefficient (Wildman–Crippen LogP) is 1.70. The molecule has 1 aromatic heterocycles. The highest BCUT2D eigenvalue weighted by atomic mass is 16.5. The zero-order chi connectivity index (χ0) is 13.4. The minimum atomic E-state index is 0.129. The predicted molar refractivity (Wildman–Crippen MR) is 74.2 cm³/mol. The molecular formula is C13H24N4O. The van der Waals surface area contributed by atoms with Crippen LogP contribution in [0.15, 0.2) is 12.4 Å². The van der Waals surface area contributed by atoms with E-state index in [1.54, 1.807) is 6.33 Å². The average Bonchev–Trinajstić information content (AvgIpc) is 2.34. The van der Waals surface area contributed by atoms with Gasteiger partial charge in [0.25, 0.3) is 0 Å². The van der Waals surface area contributed by atoms with E-state index in [2.05, 4.69) is 27.1 Å². The summed E-state index contributed by atoms with van der Waals surface area (Å²) in [5.74, 6) is 1.57. The monoisotopic (exact) mass is 252 g/mol. The molecule has 0 spiro atoms. The maximum atomic E-state index is 5.59. The number of nitrogens with one attached hydrogen (secondary N) is 1. The lowest BCUT2D eigenvalue weighted by Crippen LogP contribution is -2.32. The van der Waals surface area contributed by atoms with Gasteiger partial charge in [-0.25, -0.2) is 9.97 Å². The molecule has 1 heterocycles. The van der Waals surface area contributed by atoms with Crippen LogP contribution in [-0.4, -0.2) is 42.8 Å². The summed E-state index contributed by atoms with van der Waals surface area (Å²) in [6, 6.07) is 1.91. The Morgan fingerprint density at radius 3 is 2.72 bits per heavy atom. The van der Waals surface area contributed by atoms with Gasteiger partial charge < -0.3 is 15.0 Å². The van der Waals surface area contributed by atoms with Gasteiger partial charge in [0.15, 0.2) is 0 Å². The first-order valence-corrected chi connectivity index (χ1v) is 6.55. The molecule has 0 amide bonds. The number of anilines is 1. The maximum absolute atomic E-state index is 5.59. The van der Waals surface area contributed by atoms with Gasteiger partial charge in [-0.15, -0.1) is 0 Å². The van der Waals surface area contributed by atoms with Crippen molar-refractivity contribution in [3.8, 4) is 5.88 Å². The van der Waals surface area contributed by atoms with Crippen molar-refractivity contribution in [2.24, 2.45) is 0 Å². The van der Waals surface area contributed by atoms with Crippen LogP contribution < -0.4 is 15.0 Å². The lowest BCUT2D eigenvalue weighted by molar-refractivity contribution is 0.232. The first kappa shape index (κ1) is 14.7. The van der Waals surface area contributed by atoms with E-state index in [9.17, 15) is 0 Å². The molecule has 0 unspecified atom stereocenters. The third-order valence-corrected chi connectivity index (χ3v) is 2.43. The van der Waals surface area contributed by atoms with E-state index in [0.29, 0.717) is 5.88 Å². The molecule has 0 aromatic carbocycles. The Balaban J connectivity index is 2.76. The molecule has 0 radical (unpaired) electrons. The van der Waals surface area contributed by atoms with Crippen LogP contribution in [0.25, 0.3) is 0 Å². The highest BCUT2D eigenvalue weighted by Crippen LogP contribution is 2.16. The number of hydrogen-bond acceptors (Lipinski definition) is 5. The standard InChI is InChI=1S/C13H24N4O/c1-5-7-17(8-6-14-4)12-9-13(16-10-15-12)18-11(2)3/h9-11,14H,5-8H2,1-4H3. The molecule has 1 rings (SSSR count). The summed E-state index contributed by atoms with van der Waals surface area (Å²) in [5, 5.41) is 3.16. The number of ether oxygens (including phenoxy) is 1. The van der Waals surface area contributed by atoms with E-state index in [4.69, 9.17) is 4.74 Å². The summed E-state index contributed by atoms with van der Waals surface area (Å²) in [4.78, 5) is 10.7. The van der Waals surface area contributed by atoms with Crippen molar-refractivity contribution in [2.75, 3.05) is 31.6 Å². The van der Waals surface area contributed by atoms with Gasteiger partial charge in [0, 0.05) is 25.7 Å². The Bertz CT molecular complexity index is 344. The van der Waals surface area contributed by atoms with Gasteiger partial charge in [0.1, 0.15) is 12.1 Å². The highest BCUT2D eigenvalue weighted by molar-refractivity contribution is 5.40. The number of aromatic nitrogens is 2. The first-order valence-electron chi connectivity index (χ1n) is 6.55. The van der Waals surface area contributed by atoms with Crippen LogP contribution in [0.3, 0.4) is 0 Å². The summed E-state index contributed by atoms with van der Waals surface area (Å²) in [6.45, 7) is 9.00. The Hall–Kier alpha value is -1.36. The molecule has 0 atom stereocenters. The second-order valence-corrected chi connectivity index (χ2v) is 4.47. The summed E-state index contributed by atoms with van der Waals surface area (Å²) in [6.07, 6.45) is 2.79. The van der Waals surface area contributed by atoms with Crippen LogP contribution >= 0.6 is 0 Å². The third-order valence-electron chi connectivity index (χ3n) is 2.43. The second-order valence-electron chi connectivity index (χ2n) is 4.47. The quantitative estimate of drug-likeness (QED) is 0.763. The fourth-order valence-electron chi connectivity index (χ4n) is 1.67. The fourth-order valence-corrected chi connectivity index (χ4v) is 1.67. The van der Waals surface area contributed by atoms with E-state index in [0.717, 1.165) is 31.9 Å². The van der Waals surface area contributed by atoms with Crippen molar-refractivity contribution >= 4 is 5.82 Å². The number of likely N-dealkylation sites (N-methyl/N-ethyl adjacent to an activating group) is 1. The van der Waals surface area contributed by atoms with Gasteiger partial charge >= 0.3 is 0 Å². The minimum Gasteiger partial charge on any atom is -0.475 e. The lowest BCUT2D eigenvalue weighted by atomic mass is 10.3. The first-order chi connectivity index (χ1) is 8.67. The molecular weight excluding hydrogens is 228 g/mol. The van der Waals surface area contributed by atoms with Crippen molar-refractivity contribution in [3.05, 3.63) is 12.4 Å². The van der Waals surface area contributed by atoms with Gasteiger partial charge in [-0.2, -0.15) is 0 Å². The van der Waals surface area contributed by atoms with Crippen molar-refractivity contribution in [2.45, 2.75) is 33.3 Å². The molecule has 1 N–H and O–H groups in total. The smallest absolute Gasteiger partial charge is 0.218 e. The SMILES string of the molecule is CCCN(CCNC)c1cc(OC(C)C)ncn1. The molecule has 0 bridgehead atoms. The van der Waals surface area contributed by atoms with E-state index < -0.39 is 0 Å². The molecule has 0 aliphatic carbocycles. The third kappa shape index (κ3) is 4.87. The summed E-state index contributed by atoms with van der Waals surface area (Å²) < 4.78 is 5.59. The molecule has 5 nitrogen and oxygen atoms in total.